The van der Waals surface area contributed by atoms with Gasteiger partial charge in [0.2, 0.25) is 0 Å². The highest BCUT2D eigenvalue weighted by atomic mass is 32.1. The normalized spacial score (nSPS) is 6.25. The predicted molar refractivity (Wildman–Crippen MR) is 21.1 cm³/mol. The summed E-state index contributed by atoms with van der Waals surface area (Å²) in [7, 11) is 0. The van der Waals surface area contributed by atoms with Crippen LogP contribution in [0, 0.1) is 0 Å². The minimum Gasteiger partial charge on any atom is -0.398 e. The maximum atomic E-state index is 10.5. The molecule has 0 aliphatic heterocycles. The third kappa shape index (κ3) is 59.8. The Kier molecular flexibility index (Phi) is 1.64. The SMILES string of the molecule is FC(=S)[S-]. The van der Waals surface area contributed by atoms with Crippen LogP contribution in [0.5, 0.6) is 0 Å². The fraction of sp³-hybridized carbons (Fsp3) is 0. The van der Waals surface area contributed by atoms with Crippen LogP contribution in [0.1, 0.15) is 0 Å². The molecule has 0 fully saturated rings. The maximum absolute atomic E-state index is 10.5. The first-order valence-corrected chi connectivity index (χ1v) is 1.41. The van der Waals surface area contributed by atoms with E-state index in [-0.39, 0.29) is 0 Å². The molecule has 0 aromatic heterocycles. The van der Waals surface area contributed by atoms with E-state index in [4.69, 9.17) is 0 Å². The molecule has 24 valence electrons. The Bertz CT molecular complexity index is 29.0. The van der Waals surface area contributed by atoms with Gasteiger partial charge in [-0.3, -0.25) is 0 Å². The second kappa shape index (κ2) is 1.55. The first kappa shape index (κ1) is 4.24. The van der Waals surface area contributed by atoms with Crippen LogP contribution in [-0.2, 0) is 12.6 Å². The quantitative estimate of drug-likeness (QED) is 0.248. The van der Waals surface area contributed by atoms with Crippen LogP contribution in [0.4, 0.5) is 4.39 Å². The lowest BCUT2D eigenvalue weighted by molar-refractivity contribution is 0.853. The van der Waals surface area contributed by atoms with Crippen molar-refractivity contribution in [2.45, 2.75) is 0 Å². The summed E-state index contributed by atoms with van der Waals surface area (Å²) < 4.78 is 9.63. The number of thiocarbonyl (C=S) groups is 1. The van der Waals surface area contributed by atoms with Gasteiger partial charge in [0.05, 0.1) is 0 Å². The Labute approximate surface area is 34.4 Å². The third-order valence-electron chi connectivity index (χ3n) is 0. The fourth-order valence-corrected chi connectivity index (χ4v) is 0. The van der Waals surface area contributed by atoms with E-state index < -0.39 is 4.45 Å². The van der Waals surface area contributed by atoms with Crippen molar-refractivity contribution in [1.29, 1.82) is 0 Å². The largest absolute Gasteiger partial charge is 0.398 e. The first-order valence-electron chi connectivity index (χ1n) is 0.597. The molecule has 0 saturated heterocycles. The van der Waals surface area contributed by atoms with E-state index in [2.05, 4.69) is 24.8 Å². The highest BCUT2D eigenvalue weighted by Crippen LogP contribution is 1.65. The molecule has 0 aliphatic rings. The van der Waals surface area contributed by atoms with Crippen LogP contribution in [-0.4, -0.2) is 4.45 Å². The summed E-state index contributed by atoms with van der Waals surface area (Å²) in [4.78, 5) is 0. The Balaban J connectivity index is 2.80. The van der Waals surface area contributed by atoms with Gasteiger partial charge in [0.15, 0.2) is 0 Å². The number of rotatable bonds is 0. The molecular formula is CFS2-. The molecule has 4 heavy (non-hydrogen) atoms. The van der Waals surface area contributed by atoms with E-state index in [1.165, 1.54) is 0 Å². The van der Waals surface area contributed by atoms with Crippen molar-refractivity contribution in [1.82, 2.24) is 0 Å². The summed E-state index contributed by atoms with van der Waals surface area (Å²) in [6.07, 6.45) is 0. The molecule has 0 bridgehead atoms. The van der Waals surface area contributed by atoms with Crippen molar-refractivity contribution >= 4 is 29.3 Å². The summed E-state index contributed by atoms with van der Waals surface area (Å²) in [5, 5.41) is 0. The van der Waals surface area contributed by atoms with E-state index in [1.807, 2.05) is 0 Å². The Morgan fingerprint density at radius 2 is 2.00 bits per heavy atom. The van der Waals surface area contributed by atoms with Gasteiger partial charge in [0, 0.05) is 4.45 Å². The minimum absolute atomic E-state index is 0.917. The molecule has 0 aromatic carbocycles. The smallest absolute Gasteiger partial charge is 0.0263 e. The van der Waals surface area contributed by atoms with Crippen LogP contribution in [0.2, 0.25) is 0 Å². The van der Waals surface area contributed by atoms with Crippen LogP contribution >= 0.6 is 12.2 Å². The van der Waals surface area contributed by atoms with Gasteiger partial charge in [-0.2, -0.15) is 0 Å². The first-order chi connectivity index (χ1) is 1.73. The van der Waals surface area contributed by atoms with Gasteiger partial charge in [-0.05, 0) is 0 Å². The van der Waals surface area contributed by atoms with Gasteiger partial charge >= 0.3 is 0 Å². The lowest BCUT2D eigenvalue weighted by Gasteiger charge is -1.75. The molecule has 3 heteroatoms. The van der Waals surface area contributed by atoms with Crippen molar-refractivity contribution in [3.05, 3.63) is 0 Å². The van der Waals surface area contributed by atoms with E-state index in [0.717, 1.165) is 0 Å². The summed E-state index contributed by atoms with van der Waals surface area (Å²) in [6.45, 7) is 0. The lowest BCUT2D eigenvalue weighted by Crippen LogP contribution is -1.61. The second-order valence-corrected chi connectivity index (χ2v) is 1.21. The van der Waals surface area contributed by atoms with Gasteiger partial charge in [-0.15, -0.1) is 0 Å². The topological polar surface area (TPSA) is 0 Å². The van der Waals surface area contributed by atoms with Crippen molar-refractivity contribution in [2.75, 3.05) is 0 Å². The van der Waals surface area contributed by atoms with Crippen molar-refractivity contribution < 1.29 is 4.39 Å². The molecular weight excluding hydrogens is 95.1 g/mol. The van der Waals surface area contributed by atoms with Gasteiger partial charge < -0.3 is 24.8 Å². The van der Waals surface area contributed by atoms with Crippen molar-refractivity contribution in [3.63, 3.8) is 0 Å². The van der Waals surface area contributed by atoms with Crippen LogP contribution in [0.15, 0.2) is 0 Å². The molecule has 0 atom stereocenters. The number of hydrogen-bond donors (Lipinski definition) is 0. The lowest BCUT2D eigenvalue weighted by atomic mass is 11.8. The van der Waals surface area contributed by atoms with Gasteiger partial charge in [0.25, 0.3) is 0 Å². The summed E-state index contributed by atoms with van der Waals surface area (Å²) in [5.74, 6) is 0. The number of hydrogen-bond acceptors (Lipinski definition) is 2. The summed E-state index contributed by atoms with van der Waals surface area (Å²) >= 11 is 7.37. The second-order valence-electron chi connectivity index (χ2n) is 0.238. The average Bonchev–Trinajstić information content (AvgIpc) is 0.811. The van der Waals surface area contributed by atoms with Crippen LogP contribution in [0.25, 0.3) is 0 Å². The highest BCUT2D eigenvalue weighted by Gasteiger charge is 1.44. The standard InChI is InChI=1S/CHFS2/c2-1(3)4/h(H,3,4)/p-1. The number of halogens is 1. The molecule has 0 spiro atoms. The molecule has 0 rings (SSSR count). The zero-order valence-corrected chi connectivity index (χ0v) is 3.33. The van der Waals surface area contributed by atoms with Crippen LogP contribution < -0.4 is 0 Å². The monoisotopic (exact) mass is 94.9 g/mol. The molecule has 0 amide bonds. The Hall–Kier alpha value is 0.240. The predicted octanol–water partition coefficient (Wildman–Crippen LogP) is 0.788. The van der Waals surface area contributed by atoms with E-state index in [1.54, 1.807) is 0 Å². The third-order valence-corrected chi connectivity index (χ3v) is 0. The molecule has 0 radical (unpaired) electrons. The van der Waals surface area contributed by atoms with Crippen LogP contribution in [0.3, 0.4) is 0 Å². The van der Waals surface area contributed by atoms with E-state index in [0.29, 0.717) is 0 Å². The van der Waals surface area contributed by atoms with E-state index >= 15 is 0 Å². The average molecular weight is 95.1 g/mol. The minimum atomic E-state index is -0.917. The zero-order valence-electron chi connectivity index (χ0n) is 1.69. The van der Waals surface area contributed by atoms with Gasteiger partial charge in [0.1, 0.15) is 0 Å². The zero-order chi connectivity index (χ0) is 3.58. The van der Waals surface area contributed by atoms with Gasteiger partial charge in [-0.25, -0.2) is 4.39 Å². The highest BCUT2D eigenvalue weighted by molar-refractivity contribution is 7.99. The van der Waals surface area contributed by atoms with E-state index in [9.17, 15) is 4.39 Å². The summed E-state index contributed by atoms with van der Waals surface area (Å²) in [6, 6.07) is 0. The van der Waals surface area contributed by atoms with Crippen molar-refractivity contribution in [2.24, 2.45) is 0 Å². The molecule has 0 aromatic rings. The molecule has 0 nitrogen and oxygen atoms in total. The Morgan fingerprint density at radius 1 is 2.00 bits per heavy atom. The molecule has 0 unspecified atom stereocenters. The fourth-order valence-electron chi connectivity index (χ4n) is 0. The van der Waals surface area contributed by atoms with Gasteiger partial charge in [-0.1, -0.05) is 0 Å². The molecule has 0 saturated carbocycles. The molecule has 0 heterocycles. The van der Waals surface area contributed by atoms with Crippen molar-refractivity contribution in [3.8, 4) is 0 Å². The molecule has 0 aliphatic carbocycles. The maximum Gasteiger partial charge on any atom is 0.0263 e. The summed E-state index contributed by atoms with van der Waals surface area (Å²) in [5.41, 5.74) is 0. The molecule has 0 N–H and O–H groups in total. The Morgan fingerprint density at radius 3 is 2.00 bits per heavy atom.